The molecule has 0 saturated carbocycles. The molecule has 2 aromatic carbocycles. The van der Waals surface area contributed by atoms with E-state index in [-0.39, 0.29) is 18.4 Å². The van der Waals surface area contributed by atoms with Gasteiger partial charge in [0.25, 0.3) is 0 Å². The highest BCUT2D eigenvalue weighted by atomic mass is 79.9. The quantitative estimate of drug-likeness (QED) is 0.251. The number of urea groups is 1. The fraction of sp³-hybridized carbons (Fsp3) is 0.0833. The number of H-pyrrole nitrogens is 1. The highest BCUT2D eigenvalue weighted by molar-refractivity contribution is 9.10. The van der Waals surface area contributed by atoms with Crippen molar-refractivity contribution in [2.24, 2.45) is 0 Å². The Bertz CT molecular complexity index is 1420. The van der Waals surface area contributed by atoms with Crippen molar-refractivity contribution in [1.82, 2.24) is 14.5 Å². The van der Waals surface area contributed by atoms with Gasteiger partial charge in [0.15, 0.2) is 0 Å². The minimum absolute atomic E-state index is 0. The van der Waals surface area contributed by atoms with Crippen LogP contribution in [0.15, 0.2) is 77.7 Å². The van der Waals surface area contributed by atoms with Crippen LogP contribution < -0.4 is 10.6 Å². The van der Waals surface area contributed by atoms with Gasteiger partial charge in [-0.25, -0.2) is 9.78 Å². The van der Waals surface area contributed by atoms with Crippen molar-refractivity contribution in [3.63, 3.8) is 0 Å². The molecule has 0 unspecified atom stereocenters. The van der Waals surface area contributed by atoms with E-state index >= 15 is 0 Å². The summed E-state index contributed by atoms with van der Waals surface area (Å²) in [5.74, 6) is 0. The first-order chi connectivity index (χ1) is 15.1. The van der Waals surface area contributed by atoms with Gasteiger partial charge in [-0.15, -0.1) is 12.4 Å². The summed E-state index contributed by atoms with van der Waals surface area (Å²) in [7, 11) is 0. The lowest BCUT2D eigenvalue weighted by Gasteiger charge is -2.12. The van der Waals surface area contributed by atoms with E-state index in [2.05, 4.69) is 47.2 Å². The number of nitrogens with zero attached hydrogens (tertiary/aromatic N) is 2. The number of nitrogens with one attached hydrogen (secondary N) is 3. The Morgan fingerprint density at radius 3 is 2.78 bits per heavy atom. The minimum atomic E-state index is -0.283. The van der Waals surface area contributed by atoms with Crippen molar-refractivity contribution in [2.75, 3.05) is 10.6 Å². The van der Waals surface area contributed by atoms with E-state index in [9.17, 15) is 4.79 Å². The van der Waals surface area contributed by atoms with Gasteiger partial charge in [0.2, 0.25) is 0 Å². The number of rotatable bonds is 4. The molecule has 3 N–H and O–H groups in total. The largest absolute Gasteiger partial charge is 0.346 e. The highest BCUT2D eigenvalue weighted by Crippen LogP contribution is 2.28. The number of pyridine rings is 1. The second-order valence-corrected chi connectivity index (χ2v) is 8.31. The summed E-state index contributed by atoms with van der Waals surface area (Å²) in [6, 6.07) is 17.6. The zero-order chi connectivity index (χ0) is 21.4. The zero-order valence-electron chi connectivity index (χ0n) is 17.2. The molecule has 0 fully saturated rings. The van der Waals surface area contributed by atoms with Crippen molar-refractivity contribution >= 4 is 67.7 Å². The summed E-state index contributed by atoms with van der Waals surface area (Å²) in [5.41, 5.74) is 5.69. The summed E-state index contributed by atoms with van der Waals surface area (Å²) >= 11 is 3.48. The molecule has 8 heteroatoms. The number of hydrogen-bond acceptors (Lipinski definition) is 2. The number of carbonyl (C=O) groups is 1. The van der Waals surface area contributed by atoms with E-state index in [0.29, 0.717) is 6.54 Å². The van der Waals surface area contributed by atoms with E-state index < -0.39 is 0 Å². The molecule has 0 aliphatic carbocycles. The first-order valence-electron chi connectivity index (χ1n) is 9.91. The summed E-state index contributed by atoms with van der Waals surface area (Å²) in [4.78, 5) is 20.2. The molecular formula is C24H21BrClN5O. The molecule has 2 amide bonds. The van der Waals surface area contributed by atoms with Crippen LogP contribution in [0.4, 0.5) is 16.2 Å². The Labute approximate surface area is 199 Å². The van der Waals surface area contributed by atoms with E-state index in [1.165, 1.54) is 5.56 Å². The van der Waals surface area contributed by atoms with Gasteiger partial charge in [0.05, 0.1) is 16.9 Å². The number of carbonyl (C=O) groups excluding carboxylic acids is 1. The van der Waals surface area contributed by atoms with E-state index in [1.54, 1.807) is 0 Å². The van der Waals surface area contributed by atoms with Gasteiger partial charge in [-0.05, 0) is 76.4 Å². The zero-order valence-corrected chi connectivity index (χ0v) is 19.6. The Kier molecular flexibility index (Phi) is 6.21. The normalized spacial score (nSPS) is 10.8. The van der Waals surface area contributed by atoms with Crippen LogP contribution in [0.1, 0.15) is 11.1 Å². The molecule has 5 aromatic rings. The molecule has 0 spiro atoms. The van der Waals surface area contributed by atoms with Crippen molar-refractivity contribution in [1.29, 1.82) is 0 Å². The number of anilines is 2. The molecule has 3 heterocycles. The standard InChI is InChI=1S/C24H20BrN5O.ClH/c1-15-5-6-19(25)21(13-15)29-24(31)28-20-3-2-4-22-18(20)9-12-30(22)14-16-7-10-26-23-17(16)8-11-27-23;/h2-13H,14H2,1H3,(H,26,27)(H2,28,29,31);1H. The Balaban J connectivity index is 0.00000245. The second-order valence-electron chi connectivity index (χ2n) is 7.45. The number of amides is 2. The Morgan fingerprint density at radius 1 is 1.06 bits per heavy atom. The average Bonchev–Trinajstić information content (AvgIpc) is 3.39. The molecule has 0 atom stereocenters. The number of aromatic nitrogens is 3. The number of benzene rings is 2. The van der Waals surface area contributed by atoms with E-state index in [1.807, 2.05) is 74.0 Å². The third-order valence-corrected chi connectivity index (χ3v) is 6.01. The maximum atomic E-state index is 12.6. The molecule has 32 heavy (non-hydrogen) atoms. The SMILES string of the molecule is Cc1ccc(Br)c(NC(=O)Nc2cccc3c2ccn3Cc2ccnc3[nH]ccc23)c1.Cl. The van der Waals surface area contributed by atoms with Gasteiger partial charge in [0, 0.05) is 40.4 Å². The lowest BCUT2D eigenvalue weighted by Crippen LogP contribution is -2.19. The fourth-order valence-electron chi connectivity index (χ4n) is 3.82. The van der Waals surface area contributed by atoms with Crippen LogP contribution in [-0.4, -0.2) is 20.6 Å². The monoisotopic (exact) mass is 509 g/mol. The van der Waals surface area contributed by atoms with Crippen LogP contribution in [0.25, 0.3) is 21.9 Å². The van der Waals surface area contributed by atoms with Crippen LogP contribution >= 0.6 is 28.3 Å². The van der Waals surface area contributed by atoms with Gasteiger partial charge in [-0.1, -0.05) is 12.1 Å². The van der Waals surface area contributed by atoms with E-state index in [0.717, 1.165) is 43.3 Å². The van der Waals surface area contributed by atoms with Crippen LogP contribution in [0.2, 0.25) is 0 Å². The number of fused-ring (bicyclic) bond motifs is 2. The fourth-order valence-corrected chi connectivity index (χ4v) is 4.17. The smallest absolute Gasteiger partial charge is 0.323 e. The first-order valence-corrected chi connectivity index (χ1v) is 10.7. The van der Waals surface area contributed by atoms with Gasteiger partial charge >= 0.3 is 6.03 Å². The van der Waals surface area contributed by atoms with Gasteiger partial charge in [-0.2, -0.15) is 0 Å². The summed E-state index contributed by atoms with van der Waals surface area (Å²) in [5, 5.41) is 8.00. The molecular weight excluding hydrogens is 490 g/mol. The van der Waals surface area contributed by atoms with Gasteiger partial charge in [-0.3, -0.25) is 0 Å². The average molecular weight is 511 g/mol. The molecule has 0 radical (unpaired) electrons. The van der Waals surface area contributed by atoms with Crippen LogP contribution in [0, 0.1) is 6.92 Å². The van der Waals surface area contributed by atoms with Gasteiger partial charge in [0.1, 0.15) is 5.65 Å². The van der Waals surface area contributed by atoms with Crippen molar-refractivity contribution in [3.05, 3.63) is 88.8 Å². The highest BCUT2D eigenvalue weighted by Gasteiger charge is 2.11. The number of aryl methyl sites for hydroxylation is 1. The predicted octanol–water partition coefficient (Wildman–Crippen LogP) is 6.70. The van der Waals surface area contributed by atoms with Crippen LogP contribution in [0.3, 0.4) is 0 Å². The van der Waals surface area contributed by atoms with Crippen molar-refractivity contribution in [3.8, 4) is 0 Å². The number of aromatic amines is 1. The lowest BCUT2D eigenvalue weighted by atomic mass is 10.2. The van der Waals surface area contributed by atoms with Crippen molar-refractivity contribution in [2.45, 2.75) is 13.5 Å². The Morgan fingerprint density at radius 2 is 1.91 bits per heavy atom. The first kappa shape index (κ1) is 21.9. The summed E-state index contributed by atoms with van der Waals surface area (Å²) in [6.45, 7) is 2.70. The molecule has 162 valence electrons. The summed E-state index contributed by atoms with van der Waals surface area (Å²) in [6.07, 6.45) is 5.77. The molecule has 0 saturated heterocycles. The van der Waals surface area contributed by atoms with Crippen molar-refractivity contribution < 1.29 is 4.79 Å². The molecule has 0 aliphatic rings. The maximum absolute atomic E-state index is 12.6. The second kappa shape index (κ2) is 9.06. The van der Waals surface area contributed by atoms with Gasteiger partial charge < -0.3 is 20.2 Å². The van der Waals surface area contributed by atoms with Crippen LogP contribution in [-0.2, 0) is 6.54 Å². The minimum Gasteiger partial charge on any atom is -0.346 e. The molecule has 6 nitrogen and oxygen atoms in total. The third kappa shape index (κ3) is 4.22. The summed E-state index contributed by atoms with van der Waals surface area (Å²) < 4.78 is 3.02. The van der Waals surface area contributed by atoms with E-state index in [4.69, 9.17) is 0 Å². The number of hydrogen-bond donors (Lipinski definition) is 3. The molecule has 3 aromatic heterocycles. The number of halogens is 2. The third-order valence-electron chi connectivity index (χ3n) is 5.32. The topological polar surface area (TPSA) is 74.7 Å². The molecule has 0 bridgehead atoms. The predicted molar refractivity (Wildman–Crippen MR) is 136 cm³/mol. The maximum Gasteiger partial charge on any atom is 0.323 e. The molecule has 5 rings (SSSR count). The lowest BCUT2D eigenvalue weighted by molar-refractivity contribution is 0.262. The van der Waals surface area contributed by atoms with Crippen LogP contribution in [0.5, 0.6) is 0 Å². The Hall–Kier alpha value is -3.29. The molecule has 0 aliphatic heterocycles.